The topological polar surface area (TPSA) is 40.1 Å². The molecular weight excluding hydrogens is 514 g/mol. The molecule has 0 radical (unpaired) electrons. The maximum absolute atomic E-state index is 9.57. The van der Waals surface area contributed by atoms with E-state index in [4.69, 9.17) is 0 Å². The maximum Gasteiger partial charge on any atom is 1.00 e. The predicted molar refractivity (Wildman–Crippen MR) is 42.6 cm³/mol. The van der Waals surface area contributed by atoms with Gasteiger partial charge in [-0.15, -0.1) is 0 Å². The van der Waals surface area contributed by atoms with Crippen molar-refractivity contribution in [2.45, 2.75) is 1.93 Å². The molecule has 0 N–H and O–H groups in total. The number of carbonyl (C=O) groups excluding carboxylic acids is 1. The van der Waals surface area contributed by atoms with Gasteiger partial charge in [-0.2, -0.15) is 0 Å². The molecule has 0 unspecified atom stereocenters. The number of rotatable bonds is 1. The van der Waals surface area contributed by atoms with Crippen LogP contribution in [0.3, 0.4) is 0 Å². The number of halogens is 2. The molecule has 2 nitrogen and oxygen atoms in total. The van der Waals surface area contributed by atoms with Crippen LogP contribution in [0.25, 0.3) is 0 Å². The Labute approximate surface area is 88.9 Å². The quantitative estimate of drug-likeness (QED) is 0.270. The van der Waals surface area contributed by atoms with Crippen LogP contribution in [0.1, 0.15) is 0 Å². The van der Waals surface area contributed by atoms with Crippen molar-refractivity contribution in [3.8, 4) is 0 Å². The number of hydrogen-bond donors (Lipinski definition) is 0. The molecule has 0 amide bonds. The monoisotopic (exact) mass is 516 g/mol. The Kier molecular flexibility index (Phi) is 9.93. The van der Waals surface area contributed by atoms with Crippen molar-refractivity contribution in [1.29, 1.82) is 0 Å². The second-order valence-electron chi connectivity index (χ2n) is 0.620. The summed E-state index contributed by atoms with van der Waals surface area (Å²) in [4.78, 5) is 9.57. The molecule has 0 bridgehead atoms. The minimum absolute atomic E-state index is 0. The Morgan fingerprint density at radius 3 is 1.71 bits per heavy atom. The maximum atomic E-state index is 9.57. The smallest absolute Gasteiger partial charge is 0.548 e. The van der Waals surface area contributed by atoms with Crippen molar-refractivity contribution in [2.24, 2.45) is 0 Å². The number of carboxylic acids is 1. The number of aliphatic carboxylic acids is 1. The molecule has 0 aliphatic carbocycles. The SMILES string of the molecule is O=C([O-])C(I)I.[Tl+]. The zero-order valence-electron chi connectivity index (χ0n) is 3.23. The van der Waals surface area contributed by atoms with Crippen LogP contribution in [0.2, 0.25) is 0 Å². The van der Waals surface area contributed by atoms with Crippen LogP contribution in [0.5, 0.6) is 0 Å². The predicted octanol–water partition coefficient (Wildman–Crippen LogP) is -0.448. The van der Waals surface area contributed by atoms with E-state index in [1.807, 2.05) is 0 Å². The van der Waals surface area contributed by atoms with Crippen LogP contribution in [0.4, 0.5) is 0 Å². The van der Waals surface area contributed by atoms with E-state index >= 15 is 0 Å². The fraction of sp³-hybridized carbons (Fsp3) is 0.500. The average Bonchev–Trinajstić information content (AvgIpc) is 1.36. The molecule has 0 aromatic rings. The summed E-state index contributed by atoms with van der Waals surface area (Å²) in [5.41, 5.74) is 0. The van der Waals surface area contributed by atoms with E-state index in [-0.39, 0.29) is 27.3 Å². The first-order valence-electron chi connectivity index (χ1n) is 1.13. The van der Waals surface area contributed by atoms with Gasteiger partial charge in [-0.05, 0) is 0 Å². The Morgan fingerprint density at radius 1 is 1.57 bits per heavy atom. The fourth-order valence-corrected chi connectivity index (χ4v) is 0. The number of hydrogen-bond acceptors (Lipinski definition) is 2. The molecule has 0 rings (SSSR count). The summed E-state index contributed by atoms with van der Waals surface area (Å²) >= 11 is 3.51. The first-order chi connectivity index (χ1) is 2.64. The van der Waals surface area contributed by atoms with Gasteiger partial charge in [0.1, 0.15) is 1.93 Å². The summed E-state index contributed by atoms with van der Waals surface area (Å²) in [6, 6.07) is 0. The number of carbonyl (C=O) groups is 1. The molecule has 38 valence electrons. The molecule has 0 aromatic carbocycles. The van der Waals surface area contributed by atoms with Gasteiger partial charge in [0, 0.05) is 0 Å². The van der Waals surface area contributed by atoms with Gasteiger partial charge in [0.2, 0.25) is 0 Å². The van der Waals surface area contributed by atoms with E-state index in [1.54, 1.807) is 45.2 Å². The van der Waals surface area contributed by atoms with Crippen LogP contribution < -0.4 is 5.11 Å². The normalized spacial score (nSPS) is 7.86. The molecule has 0 fully saturated rings. The van der Waals surface area contributed by atoms with Gasteiger partial charge in [-0.1, -0.05) is 45.2 Å². The van der Waals surface area contributed by atoms with E-state index in [9.17, 15) is 9.90 Å². The third kappa shape index (κ3) is 7.85. The molecule has 0 spiro atoms. The Morgan fingerprint density at radius 2 is 1.71 bits per heavy atom. The van der Waals surface area contributed by atoms with Crippen molar-refractivity contribution < 1.29 is 9.90 Å². The van der Waals surface area contributed by atoms with E-state index in [0.29, 0.717) is 0 Å². The largest absolute Gasteiger partial charge is 1.00 e. The molecule has 0 aromatic heterocycles. The average molecular weight is 515 g/mol. The van der Waals surface area contributed by atoms with E-state index in [1.165, 1.54) is 0 Å². The van der Waals surface area contributed by atoms with Crippen LogP contribution in [-0.2, 0) is 4.79 Å². The van der Waals surface area contributed by atoms with Gasteiger partial charge >= 0.3 is 27.3 Å². The van der Waals surface area contributed by atoms with Crippen LogP contribution in [0, 0.1) is 0 Å². The molecule has 7 heavy (non-hydrogen) atoms. The fourth-order valence-electron chi connectivity index (χ4n) is 0. The minimum Gasteiger partial charge on any atom is -0.548 e. The zero-order chi connectivity index (χ0) is 5.15. The van der Waals surface area contributed by atoms with Gasteiger partial charge in [0.05, 0.1) is 5.97 Å². The first-order valence-corrected chi connectivity index (χ1v) is 3.62. The summed E-state index contributed by atoms with van der Waals surface area (Å²) < 4.78 is -0.403. The van der Waals surface area contributed by atoms with Gasteiger partial charge in [0.15, 0.2) is 0 Å². The van der Waals surface area contributed by atoms with Gasteiger partial charge in [0.25, 0.3) is 0 Å². The Bertz CT molecular complexity index is 64.7. The summed E-state index contributed by atoms with van der Waals surface area (Å²) in [6.45, 7) is 0. The summed E-state index contributed by atoms with van der Waals surface area (Å²) in [5, 5.41) is 9.57. The third-order valence-electron chi connectivity index (χ3n) is 0.178. The van der Waals surface area contributed by atoms with Crippen LogP contribution in [0.15, 0.2) is 0 Å². The summed E-state index contributed by atoms with van der Waals surface area (Å²) in [5.74, 6) is -1.02. The second kappa shape index (κ2) is 5.98. The van der Waals surface area contributed by atoms with Crippen molar-refractivity contribution >= 4 is 78.4 Å². The van der Waals surface area contributed by atoms with Gasteiger partial charge in [-0.25, -0.2) is 0 Å². The van der Waals surface area contributed by atoms with Crippen molar-refractivity contribution in [3.05, 3.63) is 0 Å². The summed E-state index contributed by atoms with van der Waals surface area (Å²) in [6.07, 6.45) is 0. The summed E-state index contributed by atoms with van der Waals surface area (Å²) in [7, 11) is 0. The van der Waals surface area contributed by atoms with Crippen LogP contribution >= 0.6 is 45.2 Å². The molecule has 0 heterocycles. The van der Waals surface area contributed by atoms with E-state index in [2.05, 4.69) is 0 Å². The van der Waals surface area contributed by atoms with Crippen molar-refractivity contribution in [1.82, 2.24) is 0 Å². The van der Waals surface area contributed by atoms with E-state index < -0.39 is 7.90 Å². The molecule has 0 aliphatic rings. The van der Waals surface area contributed by atoms with Gasteiger partial charge < -0.3 is 9.90 Å². The van der Waals surface area contributed by atoms with Crippen LogP contribution in [-0.4, -0.2) is 35.2 Å². The van der Waals surface area contributed by atoms with Gasteiger partial charge in [-0.3, -0.25) is 0 Å². The van der Waals surface area contributed by atoms with Crippen molar-refractivity contribution in [2.75, 3.05) is 0 Å². The van der Waals surface area contributed by atoms with E-state index in [0.717, 1.165) is 0 Å². The molecule has 0 saturated heterocycles. The molecular formula is C2HI2O2Tl. The number of carboxylic acid groups (broad SMARTS) is 1. The molecule has 0 aliphatic heterocycles. The molecule has 0 saturated carbocycles. The number of alkyl halides is 2. The zero-order valence-corrected chi connectivity index (χ0v) is 12.0. The minimum atomic E-state index is -1.02. The molecule has 0 atom stereocenters. The third-order valence-corrected chi connectivity index (χ3v) is 1.20. The second-order valence-corrected chi connectivity index (χ2v) is 5.49. The Balaban J connectivity index is 0. The Hall–Kier alpha value is 1.85. The molecule has 5 heteroatoms. The van der Waals surface area contributed by atoms with Crippen molar-refractivity contribution in [3.63, 3.8) is 0 Å². The first kappa shape index (κ1) is 11.6. The standard InChI is InChI=1S/C2H2I2O2.Tl/c3-1(4)2(5)6;/h1H,(H,5,6);/q;+1/p-1.